The fraction of sp³-hybridized carbons (Fsp3) is 0.660. The second-order valence-corrected chi connectivity index (χ2v) is 19.3. The van der Waals surface area contributed by atoms with E-state index >= 15 is 4.79 Å². The molecule has 0 aliphatic carbocycles. The van der Waals surface area contributed by atoms with Gasteiger partial charge in [0.2, 0.25) is 0 Å². The van der Waals surface area contributed by atoms with E-state index in [4.69, 9.17) is 28.4 Å². The van der Waals surface area contributed by atoms with E-state index in [1.165, 1.54) is 7.11 Å². The van der Waals surface area contributed by atoms with Crippen molar-refractivity contribution in [3.63, 3.8) is 0 Å². The quantitative estimate of drug-likeness (QED) is 0.111. The van der Waals surface area contributed by atoms with E-state index in [-0.39, 0.29) is 37.2 Å². The summed E-state index contributed by atoms with van der Waals surface area (Å²) in [6, 6.07) is 14.4. The lowest BCUT2D eigenvalue weighted by molar-refractivity contribution is -0.301. The SMILES string of the molecule is CC[C@H]1OC(=O)[C@H](C)[C@@H](OC(=O)Cc2ccccn2)[C@H](C)[C@@H](O[C@@H]2O[C@H](C)C[C@H](N(C)C)[C@H]2O)[C@](C)(OC)C[C@@H](C)C(=O)[C@H](C)[C@H]2N(CCCCn3ccc4ccccc43)C(=O)O[C@]12C. The Bertz CT molecular complexity index is 2100. The van der Waals surface area contributed by atoms with Crippen LogP contribution in [0.15, 0.2) is 60.9 Å². The second-order valence-electron chi connectivity index (χ2n) is 19.3. The van der Waals surface area contributed by atoms with Crippen molar-refractivity contribution in [3.05, 3.63) is 66.6 Å². The number of unbranched alkanes of at least 4 members (excludes halogenated alkanes) is 1. The van der Waals surface area contributed by atoms with E-state index < -0.39 is 89.7 Å². The third kappa shape index (κ3) is 10.8. The predicted molar refractivity (Wildman–Crippen MR) is 244 cm³/mol. The van der Waals surface area contributed by atoms with Gasteiger partial charge in [-0.15, -0.1) is 0 Å². The zero-order chi connectivity index (χ0) is 47.4. The average molecular weight is 905 g/mol. The van der Waals surface area contributed by atoms with Gasteiger partial charge in [0.05, 0.1) is 41.9 Å². The molecule has 3 aliphatic rings. The van der Waals surface area contributed by atoms with E-state index in [2.05, 4.69) is 33.9 Å². The van der Waals surface area contributed by atoms with Crippen LogP contribution in [0.1, 0.15) is 93.2 Å². The number of nitrogens with zero attached hydrogens (tertiary/aromatic N) is 4. The molecule has 65 heavy (non-hydrogen) atoms. The molecule has 0 bridgehead atoms. The maximum atomic E-state index is 15.0. The van der Waals surface area contributed by atoms with Gasteiger partial charge in [0.15, 0.2) is 11.9 Å². The van der Waals surface area contributed by atoms with Crippen LogP contribution in [0.4, 0.5) is 4.79 Å². The number of hydrogen-bond acceptors (Lipinski definition) is 13. The monoisotopic (exact) mass is 905 g/mol. The molecule has 15 heteroatoms. The summed E-state index contributed by atoms with van der Waals surface area (Å²) in [6.07, 6.45) is -0.418. The molecule has 5 heterocycles. The molecule has 1 aromatic carbocycles. The summed E-state index contributed by atoms with van der Waals surface area (Å²) < 4.78 is 40.8. The number of likely N-dealkylation sites (N-methyl/N-ethyl adjacent to an activating group) is 1. The van der Waals surface area contributed by atoms with E-state index in [1.54, 1.807) is 50.1 Å². The second kappa shape index (κ2) is 21.0. The highest BCUT2D eigenvalue weighted by atomic mass is 16.7. The van der Waals surface area contributed by atoms with Crippen molar-refractivity contribution in [2.24, 2.45) is 23.7 Å². The Morgan fingerprint density at radius 2 is 1.68 bits per heavy atom. The molecule has 3 aromatic rings. The predicted octanol–water partition coefficient (Wildman–Crippen LogP) is 6.61. The number of cyclic esters (lactones) is 1. The smallest absolute Gasteiger partial charge is 0.410 e. The molecule has 358 valence electrons. The van der Waals surface area contributed by atoms with Crippen LogP contribution in [0.25, 0.3) is 10.9 Å². The number of aliphatic hydroxyl groups is 1. The Kier molecular flexibility index (Phi) is 16.2. The van der Waals surface area contributed by atoms with Crippen molar-refractivity contribution in [2.45, 2.75) is 161 Å². The number of esters is 2. The van der Waals surface area contributed by atoms with Gasteiger partial charge in [0.1, 0.15) is 24.1 Å². The van der Waals surface area contributed by atoms with Crippen molar-refractivity contribution >= 4 is 34.7 Å². The normalized spacial score (nSPS) is 35.1. The van der Waals surface area contributed by atoms with E-state index in [1.807, 2.05) is 65.7 Å². The van der Waals surface area contributed by atoms with Crippen LogP contribution in [0.3, 0.4) is 0 Å². The molecule has 14 atom stereocenters. The topological polar surface area (TPSA) is 168 Å². The number of carbonyl (C=O) groups excluding carboxylic acids is 4. The number of amides is 1. The number of hydrogen-bond donors (Lipinski definition) is 1. The van der Waals surface area contributed by atoms with Crippen LogP contribution in [0, 0.1) is 23.7 Å². The lowest BCUT2D eigenvalue weighted by Gasteiger charge is -2.48. The molecule has 1 N–H and O–H groups in total. The molecule has 6 rings (SSSR count). The minimum Gasteiger partial charge on any atom is -0.461 e. The number of ketones is 1. The van der Waals surface area contributed by atoms with Crippen molar-refractivity contribution in [1.82, 2.24) is 19.4 Å². The Hall–Kier alpha value is -4.41. The van der Waals surface area contributed by atoms with Crippen molar-refractivity contribution < 1.29 is 52.7 Å². The van der Waals surface area contributed by atoms with Gasteiger partial charge in [0, 0.05) is 61.9 Å². The number of Topliss-reactive ketones (excluding diaryl/α,β-unsaturated/α-hetero) is 1. The van der Waals surface area contributed by atoms with Gasteiger partial charge < -0.3 is 47.9 Å². The molecular formula is C50H72N4O11. The first kappa shape index (κ1) is 50.0. The maximum Gasteiger partial charge on any atom is 0.410 e. The van der Waals surface area contributed by atoms with Crippen molar-refractivity contribution in [3.8, 4) is 0 Å². The summed E-state index contributed by atoms with van der Waals surface area (Å²) in [5, 5.41) is 12.9. The summed E-state index contributed by atoms with van der Waals surface area (Å²) in [7, 11) is 5.30. The number of methoxy groups -OCH3 is 1. The molecule has 3 fully saturated rings. The number of aromatic nitrogens is 2. The Morgan fingerprint density at radius 1 is 0.969 bits per heavy atom. The molecule has 3 saturated heterocycles. The van der Waals surface area contributed by atoms with Crippen LogP contribution >= 0.6 is 0 Å². The highest BCUT2D eigenvalue weighted by Gasteiger charge is 2.60. The third-order valence-electron chi connectivity index (χ3n) is 14.4. The van der Waals surface area contributed by atoms with Gasteiger partial charge >= 0.3 is 18.0 Å². The highest BCUT2D eigenvalue weighted by Crippen LogP contribution is 2.44. The van der Waals surface area contributed by atoms with E-state index in [9.17, 15) is 19.5 Å². The summed E-state index contributed by atoms with van der Waals surface area (Å²) in [5.74, 6) is -4.76. The zero-order valence-electron chi connectivity index (χ0n) is 40.2. The van der Waals surface area contributed by atoms with Gasteiger partial charge in [-0.05, 0) is 104 Å². The minimum absolute atomic E-state index is 0.130. The molecule has 15 nitrogen and oxygen atoms in total. The average Bonchev–Trinajstić information content (AvgIpc) is 3.81. The number of rotatable bonds is 13. The molecule has 3 aliphatic heterocycles. The van der Waals surface area contributed by atoms with Crippen LogP contribution in [0.5, 0.6) is 0 Å². The van der Waals surface area contributed by atoms with E-state index in [0.29, 0.717) is 25.1 Å². The van der Waals surface area contributed by atoms with Crippen molar-refractivity contribution in [2.75, 3.05) is 27.7 Å². The lowest BCUT2D eigenvalue weighted by Crippen LogP contribution is -2.61. The number of aryl methyl sites for hydroxylation is 1. The number of pyridine rings is 1. The van der Waals surface area contributed by atoms with Crippen LogP contribution in [-0.2, 0) is 55.8 Å². The molecule has 0 spiro atoms. The molecule has 1 amide bonds. The van der Waals surface area contributed by atoms with Crippen LogP contribution in [0.2, 0.25) is 0 Å². The Labute approximate surface area is 384 Å². The maximum absolute atomic E-state index is 15.0. The number of ether oxygens (including phenoxy) is 6. The Morgan fingerprint density at radius 3 is 2.35 bits per heavy atom. The van der Waals surface area contributed by atoms with Crippen LogP contribution < -0.4 is 0 Å². The fourth-order valence-corrected chi connectivity index (χ4v) is 10.8. The number of aliphatic hydroxyl groups excluding tert-OH is 1. The van der Waals surface area contributed by atoms with Gasteiger partial charge in [-0.3, -0.25) is 19.4 Å². The zero-order valence-corrected chi connectivity index (χ0v) is 40.2. The standard InChI is InChI=1S/C50H72N4O11/c1-12-39-50(8)44(54(48(59)65-50)25-18-17-24-53-26-22-35-19-13-14-21-37(35)53)32(4)41(56)30(2)29-49(7,60-11)45(64-47-42(57)38(52(9)10)27-31(3)61-47)33(5)43(34(6)46(58)62-39)63-40(55)28-36-20-15-16-23-51-36/h13-16,19-23,26,30-34,38-39,42-45,47,57H,12,17-18,24-25,27-29H2,1-11H3/t30-,31-,32+,33+,34-,38+,39-,42-,43+,44-,45-,47+,49-,50-/m1/s1. The summed E-state index contributed by atoms with van der Waals surface area (Å²) in [6.45, 7) is 15.5. The Balaban J connectivity index is 1.37. The minimum atomic E-state index is -1.42. The van der Waals surface area contributed by atoms with Gasteiger partial charge in [0.25, 0.3) is 0 Å². The highest BCUT2D eigenvalue weighted by molar-refractivity contribution is 5.85. The van der Waals surface area contributed by atoms with Crippen molar-refractivity contribution in [1.29, 1.82) is 0 Å². The molecule has 0 unspecified atom stereocenters. The first-order valence-electron chi connectivity index (χ1n) is 23.4. The summed E-state index contributed by atoms with van der Waals surface area (Å²) >= 11 is 0. The fourth-order valence-electron chi connectivity index (χ4n) is 10.8. The van der Waals surface area contributed by atoms with Gasteiger partial charge in [-0.1, -0.05) is 52.0 Å². The summed E-state index contributed by atoms with van der Waals surface area (Å²) in [4.78, 5) is 65.6. The first-order chi connectivity index (χ1) is 30.8. The molecule has 0 radical (unpaired) electrons. The molecular weight excluding hydrogens is 833 g/mol. The number of para-hydroxylation sites is 1. The van der Waals surface area contributed by atoms with Gasteiger partial charge in [-0.25, -0.2) is 4.79 Å². The number of fused-ring (bicyclic) bond motifs is 2. The number of benzene rings is 1. The lowest BCUT2D eigenvalue weighted by atomic mass is 9.73. The van der Waals surface area contributed by atoms with E-state index in [0.717, 1.165) is 23.9 Å². The molecule has 2 aromatic heterocycles. The van der Waals surface area contributed by atoms with Crippen LogP contribution in [-0.4, -0.2) is 136 Å². The summed E-state index contributed by atoms with van der Waals surface area (Å²) in [5.41, 5.74) is -1.09. The first-order valence-corrected chi connectivity index (χ1v) is 23.4. The van der Waals surface area contributed by atoms with Gasteiger partial charge in [-0.2, -0.15) is 0 Å². The largest absolute Gasteiger partial charge is 0.461 e. The third-order valence-corrected chi connectivity index (χ3v) is 14.4. The number of carbonyl (C=O) groups is 4. The molecule has 0 saturated carbocycles.